The van der Waals surface area contributed by atoms with Gasteiger partial charge in [0.2, 0.25) is 10.0 Å². The third-order valence-electron chi connectivity index (χ3n) is 7.07. The standard InChI is InChI=1S/C29H30N4O4S/c34-29-27(23-18-22(12-13-24(23)32-29)38(35,36)30-19-20-10-11-20)28(21-6-2-1-3-7-21)31-25-8-4-5-9-26(25)33-14-16-37-17-15-33/h1-9,12-13,18,20,30,32,34H,10-11,14-17,19H2. The highest BCUT2D eigenvalue weighted by atomic mass is 32.2. The van der Waals surface area contributed by atoms with E-state index in [4.69, 9.17) is 9.73 Å². The zero-order chi connectivity index (χ0) is 26.1. The van der Waals surface area contributed by atoms with Crippen LogP contribution in [0.1, 0.15) is 24.0 Å². The number of hydrogen-bond donors (Lipinski definition) is 3. The summed E-state index contributed by atoms with van der Waals surface area (Å²) >= 11 is 0. The Morgan fingerprint density at radius 3 is 2.53 bits per heavy atom. The molecule has 0 spiro atoms. The minimum Gasteiger partial charge on any atom is -0.494 e. The summed E-state index contributed by atoms with van der Waals surface area (Å²) < 4.78 is 34.4. The van der Waals surface area contributed by atoms with E-state index in [0.29, 0.717) is 47.9 Å². The maximum absolute atomic E-state index is 13.0. The number of aromatic amines is 1. The molecule has 0 bridgehead atoms. The number of morpholine rings is 1. The molecule has 2 aliphatic rings. The van der Waals surface area contributed by atoms with Crippen molar-refractivity contribution >= 4 is 38.0 Å². The summed E-state index contributed by atoms with van der Waals surface area (Å²) in [6, 6.07) is 22.4. The number of nitrogens with zero attached hydrogens (tertiary/aromatic N) is 2. The summed E-state index contributed by atoms with van der Waals surface area (Å²) in [5.41, 5.74) is 4.19. The maximum Gasteiger partial charge on any atom is 0.240 e. The SMILES string of the molecule is O=S(=O)(NCC1CC1)c1ccc2[nH]c(O)c(C(=Nc3ccccc3N3CCOCC3)c3ccccc3)c2c1. The molecular weight excluding hydrogens is 500 g/mol. The first-order chi connectivity index (χ1) is 18.5. The van der Waals surface area contributed by atoms with E-state index in [2.05, 4.69) is 14.6 Å². The summed E-state index contributed by atoms with van der Waals surface area (Å²) in [5.74, 6) is 0.357. The molecule has 0 amide bonds. The van der Waals surface area contributed by atoms with Gasteiger partial charge in [0.15, 0.2) is 5.88 Å². The van der Waals surface area contributed by atoms with Crippen LogP contribution in [0.2, 0.25) is 0 Å². The van der Waals surface area contributed by atoms with E-state index in [1.807, 2.05) is 54.6 Å². The van der Waals surface area contributed by atoms with Crippen molar-refractivity contribution in [3.8, 4) is 5.88 Å². The molecule has 2 heterocycles. The zero-order valence-electron chi connectivity index (χ0n) is 20.9. The monoisotopic (exact) mass is 530 g/mol. The molecule has 9 heteroatoms. The molecule has 0 atom stereocenters. The molecule has 1 aromatic heterocycles. The fraction of sp³-hybridized carbons (Fsp3) is 0.276. The molecule has 196 valence electrons. The summed E-state index contributed by atoms with van der Waals surface area (Å²) in [5, 5.41) is 11.7. The number of aromatic hydroxyl groups is 1. The normalized spacial score (nSPS) is 16.7. The summed E-state index contributed by atoms with van der Waals surface area (Å²) in [6.45, 7) is 3.28. The second kappa shape index (κ2) is 10.2. The first kappa shape index (κ1) is 24.7. The second-order valence-electron chi connectivity index (χ2n) is 9.77. The van der Waals surface area contributed by atoms with Gasteiger partial charge >= 0.3 is 0 Å². The van der Waals surface area contributed by atoms with E-state index in [-0.39, 0.29) is 10.8 Å². The van der Waals surface area contributed by atoms with E-state index < -0.39 is 10.0 Å². The number of fused-ring (bicyclic) bond motifs is 1. The molecular formula is C29H30N4O4S. The van der Waals surface area contributed by atoms with E-state index in [0.717, 1.165) is 42.9 Å². The van der Waals surface area contributed by atoms with Crippen LogP contribution in [0.3, 0.4) is 0 Å². The lowest BCUT2D eigenvalue weighted by Crippen LogP contribution is -2.36. The number of benzene rings is 3. The van der Waals surface area contributed by atoms with Crippen molar-refractivity contribution in [1.29, 1.82) is 0 Å². The largest absolute Gasteiger partial charge is 0.494 e. The highest BCUT2D eigenvalue weighted by molar-refractivity contribution is 7.89. The van der Waals surface area contributed by atoms with Crippen molar-refractivity contribution in [3.05, 3.63) is 83.9 Å². The number of sulfonamides is 1. The van der Waals surface area contributed by atoms with Gasteiger partial charge in [-0.3, -0.25) is 0 Å². The van der Waals surface area contributed by atoms with Crippen LogP contribution in [0.25, 0.3) is 10.9 Å². The summed E-state index contributed by atoms with van der Waals surface area (Å²) in [4.78, 5) is 10.5. The smallest absolute Gasteiger partial charge is 0.240 e. The number of para-hydroxylation sites is 2. The van der Waals surface area contributed by atoms with Crippen LogP contribution in [0.5, 0.6) is 5.88 Å². The third-order valence-corrected chi connectivity index (χ3v) is 8.49. The lowest BCUT2D eigenvalue weighted by atomic mass is 10.0. The number of anilines is 1. The topological polar surface area (TPSA) is 107 Å². The predicted molar refractivity (Wildman–Crippen MR) is 149 cm³/mol. The molecule has 1 aliphatic carbocycles. The van der Waals surface area contributed by atoms with Gasteiger partial charge in [0.25, 0.3) is 0 Å². The van der Waals surface area contributed by atoms with Crippen molar-refractivity contribution in [2.24, 2.45) is 10.9 Å². The van der Waals surface area contributed by atoms with Crippen LogP contribution >= 0.6 is 0 Å². The highest BCUT2D eigenvalue weighted by Gasteiger charge is 2.26. The van der Waals surface area contributed by atoms with Crippen molar-refractivity contribution in [1.82, 2.24) is 9.71 Å². The number of nitrogens with one attached hydrogen (secondary N) is 2. The van der Waals surface area contributed by atoms with Gasteiger partial charge in [-0.25, -0.2) is 18.1 Å². The molecule has 1 saturated heterocycles. The Morgan fingerprint density at radius 2 is 1.76 bits per heavy atom. The number of H-pyrrole nitrogens is 1. The number of rotatable bonds is 8. The number of hydrogen-bond acceptors (Lipinski definition) is 6. The molecule has 8 nitrogen and oxygen atoms in total. The highest BCUT2D eigenvalue weighted by Crippen LogP contribution is 2.36. The molecule has 6 rings (SSSR count). The predicted octanol–water partition coefficient (Wildman–Crippen LogP) is 4.57. The number of aromatic nitrogens is 1. The molecule has 1 aliphatic heterocycles. The van der Waals surface area contributed by atoms with Crippen LogP contribution in [0.15, 0.2) is 82.7 Å². The van der Waals surface area contributed by atoms with Crippen LogP contribution < -0.4 is 9.62 Å². The van der Waals surface area contributed by atoms with Gasteiger partial charge in [0.1, 0.15) is 0 Å². The lowest BCUT2D eigenvalue weighted by Gasteiger charge is -2.29. The van der Waals surface area contributed by atoms with Gasteiger partial charge in [-0.2, -0.15) is 0 Å². The fourth-order valence-electron chi connectivity index (χ4n) is 4.81. The summed E-state index contributed by atoms with van der Waals surface area (Å²) in [6.07, 6.45) is 2.11. The van der Waals surface area contributed by atoms with Crippen LogP contribution in [0.4, 0.5) is 11.4 Å². The van der Waals surface area contributed by atoms with Crippen molar-refractivity contribution < 1.29 is 18.3 Å². The van der Waals surface area contributed by atoms with Crippen molar-refractivity contribution in [2.45, 2.75) is 17.7 Å². The molecule has 3 N–H and O–H groups in total. The first-order valence-electron chi connectivity index (χ1n) is 12.9. The molecule has 38 heavy (non-hydrogen) atoms. The van der Waals surface area contributed by atoms with Crippen LogP contribution in [-0.4, -0.2) is 57.1 Å². The van der Waals surface area contributed by atoms with Gasteiger partial charge in [-0.15, -0.1) is 0 Å². The van der Waals surface area contributed by atoms with Gasteiger partial charge in [0, 0.05) is 36.1 Å². The van der Waals surface area contributed by atoms with Crippen molar-refractivity contribution in [2.75, 3.05) is 37.7 Å². The van der Waals surface area contributed by atoms with Gasteiger partial charge in [-0.05, 0) is 49.1 Å². The first-order valence-corrected chi connectivity index (χ1v) is 14.4. The second-order valence-corrected chi connectivity index (χ2v) is 11.5. The Balaban J connectivity index is 1.50. The maximum atomic E-state index is 13.0. The molecule has 0 radical (unpaired) electrons. The van der Waals surface area contributed by atoms with Gasteiger partial charge in [0.05, 0.1) is 40.8 Å². The summed E-state index contributed by atoms with van der Waals surface area (Å²) in [7, 11) is -3.69. The molecule has 3 aromatic carbocycles. The molecule has 2 fully saturated rings. The van der Waals surface area contributed by atoms with E-state index in [1.165, 1.54) is 0 Å². The Bertz CT molecular complexity index is 1590. The lowest BCUT2D eigenvalue weighted by molar-refractivity contribution is 0.123. The van der Waals surface area contributed by atoms with Gasteiger partial charge < -0.3 is 19.7 Å². The Labute approximate surface area is 222 Å². The Hall–Kier alpha value is -3.66. The van der Waals surface area contributed by atoms with E-state index >= 15 is 0 Å². The van der Waals surface area contributed by atoms with Crippen molar-refractivity contribution in [3.63, 3.8) is 0 Å². The minimum absolute atomic E-state index is 0.0630. The fourth-order valence-corrected chi connectivity index (χ4v) is 5.95. The zero-order valence-corrected chi connectivity index (χ0v) is 21.7. The van der Waals surface area contributed by atoms with E-state index in [9.17, 15) is 13.5 Å². The van der Waals surface area contributed by atoms with Crippen LogP contribution in [-0.2, 0) is 14.8 Å². The molecule has 0 unspecified atom stereocenters. The quantitative estimate of drug-likeness (QED) is 0.290. The van der Waals surface area contributed by atoms with Crippen LogP contribution in [0, 0.1) is 5.92 Å². The van der Waals surface area contributed by atoms with Gasteiger partial charge in [-0.1, -0.05) is 42.5 Å². The molecule has 1 saturated carbocycles. The minimum atomic E-state index is -3.69. The molecule has 4 aromatic rings. The Kier molecular flexibility index (Phi) is 6.65. The average molecular weight is 531 g/mol. The average Bonchev–Trinajstić information content (AvgIpc) is 3.73. The Morgan fingerprint density at radius 1 is 1.03 bits per heavy atom. The third kappa shape index (κ3) is 5.05. The number of aliphatic imine (C=N–C) groups is 1. The van der Waals surface area contributed by atoms with E-state index in [1.54, 1.807) is 18.2 Å². The number of ether oxygens (including phenoxy) is 1.